The number of ether oxygens (including phenoxy) is 1. The Morgan fingerprint density at radius 1 is 1.19 bits per heavy atom. The molecule has 7 heteroatoms. The van der Waals surface area contributed by atoms with E-state index in [1.807, 2.05) is 47.9 Å². The van der Waals surface area contributed by atoms with Gasteiger partial charge in [-0.2, -0.15) is 0 Å². The summed E-state index contributed by atoms with van der Waals surface area (Å²) in [6.45, 7) is 6.64. The number of nitrogens with zero attached hydrogens (tertiary/aromatic N) is 4. The fourth-order valence-corrected chi connectivity index (χ4v) is 3.30. The molecule has 2 heterocycles. The summed E-state index contributed by atoms with van der Waals surface area (Å²) in [5.41, 5.74) is 2.11. The first kappa shape index (κ1) is 19.1. The van der Waals surface area contributed by atoms with Crippen molar-refractivity contribution in [2.45, 2.75) is 24.7 Å². The van der Waals surface area contributed by atoms with Gasteiger partial charge in [0.25, 0.3) is 0 Å². The lowest BCUT2D eigenvalue weighted by Crippen LogP contribution is -2.20. The topological polar surface area (TPSA) is 73.1 Å². The van der Waals surface area contributed by atoms with Crippen LogP contribution < -0.4 is 4.74 Å². The molecular formula is C20H22N4O2S. The molecule has 0 amide bonds. The third-order valence-electron chi connectivity index (χ3n) is 3.84. The van der Waals surface area contributed by atoms with Crippen LogP contribution in [0.25, 0.3) is 11.4 Å². The van der Waals surface area contributed by atoms with Crippen molar-refractivity contribution in [1.29, 1.82) is 0 Å². The lowest BCUT2D eigenvalue weighted by Gasteiger charge is -2.13. The van der Waals surface area contributed by atoms with Gasteiger partial charge in [-0.05, 0) is 31.2 Å². The summed E-state index contributed by atoms with van der Waals surface area (Å²) >= 11 is 1.44. The summed E-state index contributed by atoms with van der Waals surface area (Å²) in [6, 6.07) is 11.5. The number of pyridine rings is 1. The van der Waals surface area contributed by atoms with E-state index < -0.39 is 6.10 Å². The first-order chi connectivity index (χ1) is 13.2. The lowest BCUT2D eigenvalue weighted by atomic mass is 10.2. The fraction of sp³-hybridized carbons (Fsp3) is 0.250. The summed E-state index contributed by atoms with van der Waals surface area (Å²) in [5, 5.41) is 19.5. The number of aryl methyl sites for hydroxylation is 1. The van der Waals surface area contributed by atoms with Gasteiger partial charge in [-0.1, -0.05) is 35.5 Å². The molecule has 1 N–H and O–H groups in total. The van der Waals surface area contributed by atoms with Crippen LogP contribution in [0.5, 0.6) is 5.75 Å². The minimum atomic E-state index is -0.616. The Kier molecular flexibility index (Phi) is 6.62. The Labute approximate surface area is 162 Å². The van der Waals surface area contributed by atoms with Gasteiger partial charge in [0, 0.05) is 30.3 Å². The summed E-state index contributed by atoms with van der Waals surface area (Å²) in [4.78, 5) is 4.03. The Bertz CT molecular complexity index is 865. The molecule has 0 aliphatic carbocycles. The van der Waals surface area contributed by atoms with Crippen LogP contribution in [-0.4, -0.2) is 43.3 Å². The van der Waals surface area contributed by atoms with Crippen molar-refractivity contribution >= 4 is 11.8 Å². The van der Waals surface area contributed by atoms with Gasteiger partial charge in [-0.3, -0.25) is 9.55 Å². The van der Waals surface area contributed by atoms with Crippen LogP contribution >= 0.6 is 11.8 Å². The molecular weight excluding hydrogens is 360 g/mol. The largest absolute Gasteiger partial charge is 0.491 e. The first-order valence-corrected chi connectivity index (χ1v) is 9.60. The van der Waals surface area contributed by atoms with E-state index in [9.17, 15) is 5.11 Å². The molecule has 140 valence electrons. The third-order valence-corrected chi connectivity index (χ3v) is 4.95. The molecule has 1 atom stereocenters. The molecule has 1 aromatic carbocycles. The minimum Gasteiger partial charge on any atom is -0.491 e. The maximum Gasteiger partial charge on any atom is 0.191 e. The highest BCUT2D eigenvalue weighted by Gasteiger charge is 2.15. The number of thioether (sulfide) groups is 1. The predicted octanol–water partition coefficient (Wildman–Crippen LogP) is 3.37. The predicted molar refractivity (Wildman–Crippen MR) is 107 cm³/mol. The molecule has 0 aliphatic heterocycles. The van der Waals surface area contributed by atoms with Crippen molar-refractivity contribution in [3.63, 3.8) is 0 Å². The fourth-order valence-electron chi connectivity index (χ4n) is 2.45. The van der Waals surface area contributed by atoms with E-state index >= 15 is 0 Å². The van der Waals surface area contributed by atoms with Crippen LogP contribution in [0.4, 0.5) is 0 Å². The van der Waals surface area contributed by atoms with Crippen LogP contribution in [-0.2, 0) is 6.54 Å². The minimum absolute atomic E-state index is 0.225. The normalized spacial score (nSPS) is 11.9. The van der Waals surface area contributed by atoms with Crippen LogP contribution in [0.2, 0.25) is 0 Å². The molecule has 3 rings (SSSR count). The zero-order valence-electron chi connectivity index (χ0n) is 15.2. The van der Waals surface area contributed by atoms with Crippen LogP contribution in [0.1, 0.15) is 5.56 Å². The van der Waals surface area contributed by atoms with E-state index in [2.05, 4.69) is 21.8 Å². The van der Waals surface area contributed by atoms with Gasteiger partial charge in [-0.25, -0.2) is 0 Å². The second kappa shape index (κ2) is 9.34. The summed E-state index contributed by atoms with van der Waals surface area (Å²) < 4.78 is 7.61. The van der Waals surface area contributed by atoms with Crippen LogP contribution in [0.15, 0.2) is 66.6 Å². The van der Waals surface area contributed by atoms with Gasteiger partial charge in [-0.15, -0.1) is 16.8 Å². The number of rotatable bonds is 9. The number of hydrogen-bond donors (Lipinski definition) is 1. The maximum absolute atomic E-state index is 10.2. The average molecular weight is 382 g/mol. The van der Waals surface area contributed by atoms with Gasteiger partial charge in [0.2, 0.25) is 0 Å². The third kappa shape index (κ3) is 5.18. The molecule has 0 spiro atoms. The maximum atomic E-state index is 10.2. The van der Waals surface area contributed by atoms with Crippen LogP contribution in [0.3, 0.4) is 0 Å². The quantitative estimate of drug-likeness (QED) is 0.452. The molecule has 0 unspecified atom stereocenters. The molecule has 0 saturated carbocycles. The van der Waals surface area contributed by atoms with Crippen molar-refractivity contribution in [2.24, 2.45) is 0 Å². The van der Waals surface area contributed by atoms with E-state index in [0.717, 1.165) is 22.3 Å². The summed E-state index contributed by atoms with van der Waals surface area (Å²) in [5.74, 6) is 1.96. The zero-order valence-corrected chi connectivity index (χ0v) is 16.0. The van der Waals surface area contributed by atoms with Crippen molar-refractivity contribution in [2.75, 3.05) is 12.4 Å². The molecule has 0 saturated heterocycles. The zero-order chi connectivity index (χ0) is 19.1. The molecule has 0 bridgehead atoms. The molecule has 2 aromatic heterocycles. The highest BCUT2D eigenvalue weighted by Crippen LogP contribution is 2.24. The summed E-state index contributed by atoms with van der Waals surface area (Å²) in [6.07, 6.45) is 4.63. The van der Waals surface area contributed by atoms with E-state index in [-0.39, 0.29) is 6.61 Å². The second-order valence-corrected chi connectivity index (χ2v) is 7.02. The monoisotopic (exact) mass is 382 g/mol. The standard InChI is InChI=1S/C20H22N4O2S/c1-3-12-24-19(16-8-10-21-11-9-16)22-23-20(24)27-14-17(25)13-26-18-6-4-15(2)5-7-18/h3-11,17,25H,1,12-14H2,2H3/t17-/m1/s1. The van der Waals surface area contributed by atoms with E-state index in [4.69, 9.17) is 4.74 Å². The molecule has 3 aromatic rings. The lowest BCUT2D eigenvalue weighted by molar-refractivity contribution is 0.126. The number of benzene rings is 1. The Hall–Kier alpha value is -2.64. The molecule has 27 heavy (non-hydrogen) atoms. The number of allylic oxidation sites excluding steroid dienone is 1. The van der Waals surface area contributed by atoms with Crippen molar-refractivity contribution in [3.05, 3.63) is 67.0 Å². The Morgan fingerprint density at radius 2 is 1.93 bits per heavy atom. The molecule has 0 fully saturated rings. The van der Waals surface area contributed by atoms with Gasteiger partial charge >= 0.3 is 0 Å². The smallest absolute Gasteiger partial charge is 0.191 e. The first-order valence-electron chi connectivity index (χ1n) is 8.62. The Balaban J connectivity index is 1.60. The molecule has 0 radical (unpaired) electrons. The SMILES string of the molecule is C=CCn1c(SC[C@H](O)COc2ccc(C)cc2)nnc1-c1ccncc1. The summed E-state index contributed by atoms with van der Waals surface area (Å²) in [7, 11) is 0. The van der Waals surface area contributed by atoms with E-state index in [1.165, 1.54) is 17.3 Å². The number of aromatic nitrogens is 4. The molecule has 0 aliphatic rings. The van der Waals surface area contributed by atoms with Crippen molar-refractivity contribution in [3.8, 4) is 17.1 Å². The highest BCUT2D eigenvalue weighted by atomic mass is 32.2. The van der Waals surface area contributed by atoms with Gasteiger partial charge in [0.05, 0.1) is 6.10 Å². The van der Waals surface area contributed by atoms with Gasteiger partial charge in [0.15, 0.2) is 11.0 Å². The van der Waals surface area contributed by atoms with Crippen molar-refractivity contribution < 1.29 is 9.84 Å². The number of aliphatic hydroxyl groups excluding tert-OH is 1. The van der Waals surface area contributed by atoms with Crippen molar-refractivity contribution in [1.82, 2.24) is 19.7 Å². The van der Waals surface area contributed by atoms with E-state index in [0.29, 0.717) is 12.3 Å². The van der Waals surface area contributed by atoms with E-state index in [1.54, 1.807) is 18.5 Å². The van der Waals surface area contributed by atoms with Gasteiger partial charge in [0.1, 0.15) is 12.4 Å². The molecule has 6 nitrogen and oxygen atoms in total. The average Bonchev–Trinajstić information content (AvgIpc) is 3.09. The number of hydrogen-bond acceptors (Lipinski definition) is 6. The van der Waals surface area contributed by atoms with Gasteiger partial charge < -0.3 is 9.84 Å². The second-order valence-electron chi connectivity index (χ2n) is 6.03. The number of aliphatic hydroxyl groups is 1. The van der Waals surface area contributed by atoms with Crippen LogP contribution in [0, 0.1) is 6.92 Å². The Morgan fingerprint density at radius 3 is 2.63 bits per heavy atom. The highest BCUT2D eigenvalue weighted by molar-refractivity contribution is 7.99.